The van der Waals surface area contributed by atoms with Gasteiger partial charge in [0.1, 0.15) is 18.6 Å². The Balaban J connectivity index is 2.00. The number of rotatable bonds is 0. The zero-order valence-electron chi connectivity index (χ0n) is 15.3. The fourth-order valence-corrected chi connectivity index (χ4v) is 4.19. The summed E-state index contributed by atoms with van der Waals surface area (Å²) in [6, 6.07) is 13.4. The van der Waals surface area contributed by atoms with Gasteiger partial charge in [-0.1, -0.05) is 12.1 Å². The smallest absolute Gasteiger partial charge is 0.256 e. The van der Waals surface area contributed by atoms with Crippen molar-refractivity contribution in [2.75, 3.05) is 0 Å². The van der Waals surface area contributed by atoms with Crippen molar-refractivity contribution >= 4 is 21.7 Å². The Bertz CT molecular complexity index is 1260. The monoisotopic (exact) mass is 344 g/mol. The van der Waals surface area contributed by atoms with Gasteiger partial charge in [0.2, 0.25) is 5.52 Å². The average Bonchev–Trinajstić information content (AvgIpc) is 2.58. The lowest BCUT2D eigenvalue weighted by Gasteiger charge is -2.22. The molecule has 0 amide bonds. The summed E-state index contributed by atoms with van der Waals surface area (Å²) in [4.78, 5) is 0. The van der Waals surface area contributed by atoms with E-state index in [4.69, 9.17) is 4.74 Å². The van der Waals surface area contributed by atoms with Crippen LogP contribution in [0.2, 0.25) is 0 Å². The maximum atomic E-state index is 13.7. The van der Waals surface area contributed by atoms with Gasteiger partial charge in [-0.15, -0.1) is 0 Å². The molecule has 1 aliphatic heterocycles. The van der Waals surface area contributed by atoms with Crippen molar-refractivity contribution in [1.29, 1.82) is 0 Å². The van der Waals surface area contributed by atoms with Gasteiger partial charge < -0.3 is 4.74 Å². The molecule has 0 saturated carbocycles. The molecule has 1 aromatic heterocycles. The molecule has 5 rings (SSSR count). The van der Waals surface area contributed by atoms with Crippen LogP contribution in [0.1, 0.15) is 16.7 Å². The number of aromatic nitrogens is 1. The molecule has 3 aromatic carbocycles. The first-order chi connectivity index (χ1) is 12.4. The molecule has 0 bridgehead atoms. The van der Waals surface area contributed by atoms with Crippen LogP contribution in [0.15, 0.2) is 42.5 Å². The average molecular weight is 344 g/mol. The van der Waals surface area contributed by atoms with Crippen LogP contribution in [0.25, 0.3) is 32.9 Å². The van der Waals surface area contributed by atoms with E-state index in [2.05, 4.69) is 43.5 Å². The molecule has 2 heterocycles. The summed E-state index contributed by atoms with van der Waals surface area (Å²) in [6.07, 6.45) is 0. The molecule has 2 nitrogen and oxygen atoms in total. The molecular formula is C23H19FNO+. The zero-order chi connectivity index (χ0) is 18.2. The standard InChI is InChI=1S/C23H19FNO/c1-12-7-16-9-13(2)14(3)21-22(16)19(8-12)26-20-11-15-10-17(24)5-6-18(15)25(4)23(20)21/h5-11H,1-4H3/q+1. The molecule has 128 valence electrons. The largest absolute Gasteiger partial charge is 0.450 e. The van der Waals surface area contributed by atoms with Crippen LogP contribution in [-0.2, 0) is 7.05 Å². The van der Waals surface area contributed by atoms with E-state index in [9.17, 15) is 4.39 Å². The predicted octanol–water partition coefficient (Wildman–Crippen LogP) is 5.65. The number of nitrogens with zero attached hydrogens (tertiary/aromatic N) is 1. The van der Waals surface area contributed by atoms with Gasteiger partial charge in [0.05, 0.1) is 10.9 Å². The van der Waals surface area contributed by atoms with Gasteiger partial charge in [-0.2, -0.15) is 4.57 Å². The van der Waals surface area contributed by atoms with Crippen LogP contribution >= 0.6 is 0 Å². The van der Waals surface area contributed by atoms with E-state index in [-0.39, 0.29) is 5.82 Å². The Morgan fingerprint density at radius 3 is 2.50 bits per heavy atom. The third kappa shape index (κ3) is 1.94. The van der Waals surface area contributed by atoms with Crippen LogP contribution in [0.5, 0.6) is 11.5 Å². The zero-order valence-corrected chi connectivity index (χ0v) is 15.3. The van der Waals surface area contributed by atoms with Gasteiger partial charge in [0.25, 0.3) is 5.69 Å². The first-order valence-electron chi connectivity index (χ1n) is 8.79. The molecule has 26 heavy (non-hydrogen) atoms. The summed E-state index contributed by atoms with van der Waals surface area (Å²) in [5, 5.41) is 3.19. The van der Waals surface area contributed by atoms with E-state index in [1.807, 2.05) is 19.2 Å². The number of pyridine rings is 1. The van der Waals surface area contributed by atoms with E-state index in [0.717, 1.165) is 33.5 Å². The van der Waals surface area contributed by atoms with E-state index in [0.29, 0.717) is 0 Å². The highest BCUT2D eigenvalue weighted by Gasteiger charge is 2.31. The van der Waals surface area contributed by atoms with Crippen molar-refractivity contribution in [3.8, 4) is 22.8 Å². The predicted molar refractivity (Wildman–Crippen MR) is 102 cm³/mol. The summed E-state index contributed by atoms with van der Waals surface area (Å²) >= 11 is 0. The quantitative estimate of drug-likeness (QED) is 0.331. The van der Waals surface area contributed by atoms with Crippen LogP contribution in [0.3, 0.4) is 0 Å². The van der Waals surface area contributed by atoms with Crippen molar-refractivity contribution in [1.82, 2.24) is 0 Å². The second-order valence-electron chi connectivity index (χ2n) is 7.28. The maximum absolute atomic E-state index is 13.7. The number of benzene rings is 3. The van der Waals surface area contributed by atoms with Crippen LogP contribution < -0.4 is 9.30 Å². The maximum Gasteiger partial charge on any atom is 0.256 e. The van der Waals surface area contributed by atoms with Crippen molar-refractivity contribution in [3.63, 3.8) is 0 Å². The van der Waals surface area contributed by atoms with E-state index in [1.165, 1.54) is 33.7 Å². The molecule has 0 aliphatic carbocycles. The van der Waals surface area contributed by atoms with E-state index < -0.39 is 0 Å². The number of aryl methyl sites for hydroxylation is 3. The van der Waals surface area contributed by atoms with E-state index in [1.54, 1.807) is 6.07 Å². The summed E-state index contributed by atoms with van der Waals surface area (Å²) in [5.41, 5.74) is 6.93. The Labute approximate surface area is 151 Å². The number of hydrogen-bond acceptors (Lipinski definition) is 1. The third-order valence-corrected chi connectivity index (χ3v) is 5.53. The number of fused-ring (bicyclic) bond motifs is 3. The molecule has 0 fully saturated rings. The minimum Gasteiger partial charge on any atom is -0.450 e. The van der Waals surface area contributed by atoms with Gasteiger partial charge in [0.15, 0.2) is 5.75 Å². The topological polar surface area (TPSA) is 13.1 Å². The highest BCUT2D eigenvalue weighted by Crippen LogP contribution is 2.48. The molecule has 0 N–H and O–H groups in total. The lowest BCUT2D eigenvalue weighted by atomic mass is 9.89. The van der Waals surface area contributed by atoms with Gasteiger partial charge in [-0.3, -0.25) is 0 Å². The summed E-state index contributed by atoms with van der Waals surface area (Å²) < 4.78 is 22.2. The Hall–Kier alpha value is -2.94. The number of ether oxygens (including phenoxy) is 1. The van der Waals surface area contributed by atoms with Gasteiger partial charge in [-0.05, 0) is 61.0 Å². The highest BCUT2D eigenvalue weighted by atomic mass is 19.1. The molecule has 0 atom stereocenters. The van der Waals surface area contributed by atoms with Crippen molar-refractivity contribution in [2.45, 2.75) is 20.8 Å². The second-order valence-corrected chi connectivity index (χ2v) is 7.28. The Morgan fingerprint density at radius 2 is 1.69 bits per heavy atom. The number of halogens is 1. The number of hydrogen-bond donors (Lipinski definition) is 0. The first kappa shape index (κ1) is 15.3. The molecule has 4 aromatic rings. The lowest BCUT2D eigenvalue weighted by molar-refractivity contribution is -0.633. The minimum atomic E-state index is -0.237. The molecular weight excluding hydrogens is 325 g/mol. The first-order valence-corrected chi connectivity index (χ1v) is 8.79. The van der Waals surface area contributed by atoms with Gasteiger partial charge in [-0.25, -0.2) is 4.39 Å². The Kier molecular flexibility index (Phi) is 2.97. The second kappa shape index (κ2) is 5.04. The van der Waals surface area contributed by atoms with E-state index >= 15 is 0 Å². The Morgan fingerprint density at radius 1 is 0.885 bits per heavy atom. The molecule has 3 heteroatoms. The highest BCUT2D eigenvalue weighted by molar-refractivity contribution is 6.05. The third-order valence-electron chi connectivity index (χ3n) is 5.53. The molecule has 0 unspecified atom stereocenters. The minimum absolute atomic E-state index is 0.237. The van der Waals surface area contributed by atoms with Crippen LogP contribution in [-0.4, -0.2) is 0 Å². The fraction of sp³-hybridized carbons (Fsp3) is 0.174. The lowest BCUT2D eigenvalue weighted by Crippen LogP contribution is -2.33. The SMILES string of the molecule is Cc1cc2c3c(c(C)c(C)cc3c1)-c1c(cc3cc(F)ccc3[n+]1C)O2. The van der Waals surface area contributed by atoms with Crippen molar-refractivity contribution in [3.05, 3.63) is 65.0 Å². The van der Waals surface area contributed by atoms with Crippen LogP contribution in [0.4, 0.5) is 4.39 Å². The molecule has 1 aliphatic rings. The van der Waals surface area contributed by atoms with Crippen molar-refractivity contribution in [2.24, 2.45) is 7.05 Å². The molecule has 0 spiro atoms. The van der Waals surface area contributed by atoms with Gasteiger partial charge in [0, 0.05) is 17.5 Å². The van der Waals surface area contributed by atoms with Gasteiger partial charge >= 0.3 is 0 Å². The normalized spacial score (nSPS) is 12.3. The summed E-state index contributed by atoms with van der Waals surface area (Å²) in [7, 11) is 2.02. The van der Waals surface area contributed by atoms with Crippen LogP contribution in [0, 0.1) is 26.6 Å². The fourth-order valence-electron chi connectivity index (χ4n) is 4.19. The molecule has 0 radical (unpaired) electrons. The van der Waals surface area contributed by atoms with Crippen molar-refractivity contribution < 1.29 is 13.7 Å². The molecule has 0 saturated heterocycles. The summed E-state index contributed by atoms with van der Waals surface area (Å²) in [5.74, 6) is 1.42. The summed E-state index contributed by atoms with van der Waals surface area (Å²) in [6.45, 7) is 6.40.